The minimum absolute atomic E-state index is 0.00529. The first-order valence-corrected chi connectivity index (χ1v) is 11.2. The SMILES string of the molecule is CC[C@@H](C(=O)NC1CCCC1)N(C(=O)Cn1nnc(-c2ccc(C)o2)n1)c1cccc(O)c1. The lowest BCUT2D eigenvalue weighted by atomic mass is 10.1. The molecule has 2 amide bonds. The van der Waals surface area contributed by atoms with Crippen molar-refractivity contribution in [2.24, 2.45) is 0 Å². The van der Waals surface area contributed by atoms with Gasteiger partial charge in [-0.2, -0.15) is 4.80 Å². The van der Waals surface area contributed by atoms with E-state index in [-0.39, 0.29) is 30.1 Å². The van der Waals surface area contributed by atoms with Gasteiger partial charge >= 0.3 is 0 Å². The van der Waals surface area contributed by atoms with E-state index in [0.29, 0.717) is 23.6 Å². The Morgan fingerprint density at radius 3 is 2.73 bits per heavy atom. The Bertz CT molecular complexity index is 1120. The maximum Gasteiger partial charge on any atom is 0.251 e. The first-order chi connectivity index (χ1) is 15.9. The molecule has 1 saturated carbocycles. The Balaban J connectivity index is 1.58. The molecule has 10 nitrogen and oxygen atoms in total. The van der Waals surface area contributed by atoms with Crippen molar-refractivity contribution < 1.29 is 19.1 Å². The number of rotatable bonds is 8. The Labute approximate surface area is 191 Å². The minimum Gasteiger partial charge on any atom is -0.508 e. The Kier molecular flexibility index (Phi) is 6.71. The molecule has 4 rings (SSSR count). The summed E-state index contributed by atoms with van der Waals surface area (Å²) in [7, 11) is 0. The molecule has 3 aromatic rings. The van der Waals surface area contributed by atoms with E-state index in [1.54, 1.807) is 24.3 Å². The van der Waals surface area contributed by atoms with Gasteiger partial charge in [-0.05, 0) is 55.7 Å². The maximum absolute atomic E-state index is 13.4. The number of nitrogens with one attached hydrogen (secondary N) is 1. The number of carbonyl (C=O) groups excluding carboxylic acids is 2. The number of phenolic OH excluding ortho intramolecular Hbond substituents is 1. The van der Waals surface area contributed by atoms with E-state index in [9.17, 15) is 14.7 Å². The number of carbonyl (C=O) groups is 2. The number of tetrazole rings is 1. The molecule has 33 heavy (non-hydrogen) atoms. The molecule has 1 atom stereocenters. The summed E-state index contributed by atoms with van der Waals surface area (Å²) in [5.41, 5.74) is 0.426. The summed E-state index contributed by atoms with van der Waals surface area (Å²) >= 11 is 0. The summed E-state index contributed by atoms with van der Waals surface area (Å²) in [4.78, 5) is 29.2. The summed E-state index contributed by atoms with van der Waals surface area (Å²) in [5.74, 6) is 0.842. The quantitative estimate of drug-likeness (QED) is 0.538. The zero-order chi connectivity index (χ0) is 23.4. The van der Waals surface area contributed by atoms with E-state index >= 15 is 0 Å². The summed E-state index contributed by atoms with van der Waals surface area (Å²) in [5, 5.41) is 25.3. The van der Waals surface area contributed by atoms with Crippen LogP contribution in [0.4, 0.5) is 5.69 Å². The summed E-state index contributed by atoms with van der Waals surface area (Å²) < 4.78 is 5.51. The normalized spacial score (nSPS) is 14.8. The molecular formula is C23H28N6O4. The second-order valence-electron chi connectivity index (χ2n) is 8.25. The minimum atomic E-state index is -0.740. The fourth-order valence-electron chi connectivity index (χ4n) is 4.15. The van der Waals surface area contributed by atoms with Crippen molar-refractivity contribution in [3.05, 3.63) is 42.2 Å². The zero-order valence-electron chi connectivity index (χ0n) is 18.8. The maximum atomic E-state index is 13.4. The molecule has 1 aromatic carbocycles. The Hall–Kier alpha value is -3.69. The van der Waals surface area contributed by atoms with Crippen LogP contribution >= 0.6 is 0 Å². The second-order valence-corrected chi connectivity index (χ2v) is 8.25. The Morgan fingerprint density at radius 2 is 2.06 bits per heavy atom. The third kappa shape index (κ3) is 5.21. The number of aromatic nitrogens is 4. The Morgan fingerprint density at radius 1 is 1.27 bits per heavy atom. The molecule has 1 aliphatic rings. The molecule has 2 N–H and O–H groups in total. The number of anilines is 1. The van der Waals surface area contributed by atoms with Gasteiger partial charge in [-0.25, -0.2) is 0 Å². The van der Waals surface area contributed by atoms with Gasteiger partial charge in [-0.1, -0.05) is 25.8 Å². The third-order valence-corrected chi connectivity index (χ3v) is 5.77. The second kappa shape index (κ2) is 9.85. The average Bonchev–Trinajstić information content (AvgIpc) is 3.54. The van der Waals surface area contributed by atoms with Gasteiger partial charge in [0.1, 0.15) is 24.1 Å². The van der Waals surface area contributed by atoms with Crippen molar-refractivity contribution in [1.82, 2.24) is 25.5 Å². The standard InChI is InChI=1S/C23H28N6O4/c1-3-19(23(32)24-16-7-4-5-8-16)29(17-9-6-10-18(30)13-17)21(31)14-28-26-22(25-27-28)20-12-11-15(2)33-20/h6,9-13,16,19,30H,3-5,7-8,14H2,1-2H3,(H,24,32)/t19-/m0/s1. The number of amides is 2. The molecule has 2 aromatic heterocycles. The van der Waals surface area contributed by atoms with E-state index in [1.165, 1.54) is 21.8 Å². The smallest absolute Gasteiger partial charge is 0.251 e. The molecule has 10 heteroatoms. The summed E-state index contributed by atoms with van der Waals surface area (Å²) in [6, 6.07) is 9.22. The highest BCUT2D eigenvalue weighted by Gasteiger charge is 2.32. The van der Waals surface area contributed by atoms with E-state index in [4.69, 9.17) is 4.42 Å². The van der Waals surface area contributed by atoms with Crippen LogP contribution in [0.3, 0.4) is 0 Å². The third-order valence-electron chi connectivity index (χ3n) is 5.77. The fourth-order valence-corrected chi connectivity index (χ4v) is 4.15. The largest absolute Gasteiger partial charge is 0.508 e. The van der Waals surface area contributed by atoms with Crippen molar-refractivity contribution >= 4 is 17.5 Å². The lowest BCUT2D eigenvalue weighted by Gasteiger charge is -2.31. The first-order valence-electron chi connectivity index (χ1n) is 11.2. The van der Waals surface area contributed by atoms with E-state index in [0.717, 1.165) is 25.7 Å². The van der Waals surface area contributed by atoms with Crippen molar-refractivity contribution in [2.45, 2.75) is 64.6 Å². The topological polar surface area (TPSA) is 126 Å². The van der Waals surface area contributed by atoms with Crippen LogP contribution in [-0.4, -0.2) is 49.2 Å². The van der Waals surface area contributed by atoms with Gasteiger partial charge < -0.3 is 14.8 Å². The average molecular weight is 453 g/mol. The van der Waals surface area contributed by atoms with Crippen LogP contribution in [0, 0.1) is 6.92 Å². The van der Waals surface area contributed by atoms with Crippen LogP contribution in [0.5, 0.6) is 5.75 Å². The van der Waals surface area contributed by atoms with E-state index in [1.807, 2.05) is 13.8 Å². The molecule has 0 unspecified atom stereocenters. The van der Waals surface area contributed by atoms with Crippen LogP contribution in [0.15, 0.2) is 40.8 Å². The molecule has 0 spiro atoms. The van der Waals surface area contributed by atoms with Crippen LogP contribution in [0.2, 0.25) is 0 Å². The van der Waals surface area contributed by atoms with E-state index in [2.05, 4.69) is 20.7 Å². The van der Waals surface area contributed by atoms with Crippen molar-refractivity contribution in [3.63, 3.8) is 0 Å². The molecule has 0 saturated heterocycles. The van der Waals surface area contributed by atoms with Gasteiger partial charge in [0.05, 0.1) is 0 Å². The lowest BCUT2D eigenvalue weighted by Crippen LogP contribution is -2.52. The summed E-state index contributed by atoms with van der Waals surface area (Å²) in [6.07, 6.45) is 4.47. The number of hydrogen-bond acceptors (Lipinski definition) is 7. The first kappa shape index (κ1) is 22.5. The number of nitrogens with zero attached hydrogens (tertiary/aromatic N) is 5. The van der Waals surface area contributed by atoms with Crippen LogP contribution in [-0.2, 0) is 16.1 Å². The van der Waals surface area contributed by atoms with Gasteiger partial charge in [0.15, 0.2) is 5.76 Å². The predicted molar refractivity (Wildman–Crippen MR) is 120 cm³/mol. The van der Waals surface area contributed by atoms with Gasteiger partial charge in [-0.3, -0.25) is 14.5 Å². The molecule has 1 aliphatic carbocycles. The predicted octanol–water partition coefficient (Wildman–Crippen LogP) is 2.82. The van der Waals surface area contributed by atoms with Gasteiger partial charge in [0.2, 0.25) is 11.7 Å². The number of hydrogen-bond donors (Lipinski definition) is 2. The van der Waals surface area contributed by atoms with Crippen LogP contribution < -0.4 is 10.2 Å². The molecule has 174 valence electrons. The van der Waals surface area contributed by atoms with Crippen LogP contribution in [0.1, 0.15) is 44.8 Å². The number of aromatic hydroxyl groups is 1. The van der Waals surface area contributed by atoms with Crippen LogP contribution in [0.25, 0.3) is 11.6 Å². The van der Waals surface area contributed by atoms with Crippen molar-refractivity contribution in [2.75, 3.05) is 4.90 Å². The van der Waals surface area contributed by atoms with E-state index < -0.39 is 11.9 Å². The highest BCUT2D eigenvalue weighted by Crippen LogP contribution is 2.25. The molecule has 0 aliphatic heterocycles. The van der Waals surface area contributed by atoms with Gasteiger partial charge in [-0.15, -0.1) is 10.2 Å². The van der Waals surface area contributed by atoms with Gasteiger partial charge in [0, 0.05) is 17.8 Å². The fraction of sp³-hybridized carbons (Fsp3) is 0.435. The molecule has 2 heterocycles. The highest BCUT2D eigenvalue weighted by atomic mass is 16.3. The highest BCUT2D eigenvalue weighted by molar-refractivity contribution is 6.00. The lowest BCUT2D eigenvalue weighted by molar-refractivity contribution is -0.127. The zero-order valence-corrected chi connectivity index (χ0v) is 18.8. The molecule has 1 fully saturated rings. The van der Waals surface area contributed by atoms with Gasteiger partial charge in [0.25, 0.3) is 5.91 Å². The molecule has 0 bridgehead atoms. The number of phenols is 1. The van der Waals surface area contributed by atoms with Crippen molar-refractivity contribution in [3.8, 4) is 17.3 Å². The number of aryl methyl sites for hydroxylation is 1. The molecular weight excluding hydrogens is 424 g/mol. The number of furan rings is 1. The monoisotopic (exact) mass is 452 g/mol. The number of benzene rings is 1. The molecule has 0 radical (unpaired) electrons. The van der Waals surface area contributed by atoms with Crippen molar-refractivity contribution in [1.29, 1.82) is 0 Å². The summed E-state index contributed by atoms with van der Waals surface area (Å²) in [6.45, 7) is 3.44.